The van der Waals surface area contributed by atoms with Crippen LogP contribution in [0.25, 0.3) is 0 Å². The Kier molecular flexibility index (Phi) is 4.43. The average Bonchev–Trinajstić information content (AvgIpc) is 2.48. The number of hydrogen-bond acceptors (Lipinski definition) is 2. The highest BCUT2D eigenvalue weighted by Gasteiger charge is 2.33. The molecule has 0 amide bonds. The van der Waals surface area contributed by atoms with Gasteiger partial charge in [0.1, 0.15) is 5.78 Å². The lowest BCUT2D eigenvalue weighted by atomic mass is 9.91. The molecule has 1 saturated carbocycles. The van der Waals surface area contributed by atoms with Crippen molar-refractivity contribution in [3.05, 3.63) is 0 Å². The minimum atomic E-state index is 0.177. The minimum absolute atomic E-state index is 0.177. The molecular weight excluding hydrogens is 164 g/mol. The predicted molar refractivity (Wildman–Crippen MR) is 52.4 cm³/mol. The molecule has 0 saturated heterocycles. The Balaban J connectivity index is 2.31. The van der Waals surface area contributed by atoms with Crippen LogP contribution < -0.4 is 0 Å². The second-order valence-corrected chi connectivity index (χ2v) is 4.05. The van der Waals surface area contributed by atoms with Gasteiger partial charge in [0, 0.05) is 18.9 Å². The molecule has 0 heterocycles. The van der Waals surface area contributed by atoms with Crippen LogP contribution in [0.3, 0.4) is 0 Å². The van der Waals surface area contributed by atoms with Gasteiger partial charge in [-0.25, -0.2) is 0 Å². The lowest BCUT2D eigenvalue weighted by Gasteiger charge is -2.15. The van der Waals surface area contributed by atoms with Gasteiger partial charge in [-0.15, -0.1) is 0 Å². The molecule has 2 atom stereocenters. The fourth-order valence-corrected chi connectivity index (χ4v) is 2.21. The topological polar surface area (TPSA) is 37.3 Å². The van der Waals surface area contributed by atoms with Gasteiger partial charge in [0.05, 0.1) is 0 Å². The Labute approximate surface area is 80.3 Å². The first-order valence-corrected chi connectivity index (χ1v) is 5.43. The summed E-state index contributed by atoms with van der Waals surface area (Å²) in [5, 5.41) is 9.06. The van der Waals surface area contributed by atoms with Crippen LogP contribution >= 0.6 is 0 Å². The van der Waals surface area contributed by atoms with E-state index in [1.807, 2.05) is 0 Å². The molecule has 0 aromatic carbocycles. The molecule has 0 spiro atoms. The lowest BCUT2D eigenvalue weighted by molar-refractivity contribution is -0.121. The van der Waals surface area contributed by atoms with Crippen LogP contribution in [0.2, 0.25) is 0 Å². The monoisotopic (exact) mass is 184 g/mol. The Morgan fingerprint density at radius 1 is 1.46 bits per heavy atom. The molecule has 13 heavy (non-hydrogen) atoms. The van der Waals surface area contributed by atoms with Crippen molar-refractivity contribution in [1.82, 2.24) is 0 Å². The third kappa shape index (κ3) is 2.80. The van der Waals surface area contributed by atoms with Crippen molar-refractivity contribution in [3.8, 4) is 0 Å². The average molecular weight is 184 g/mol. The summed E-state index contributed by atoms with van der Waals surface area (Å²) in [5.74, 6) is 0.830. The normalized spacial score (nSPS) is 28.3. The SMILES string of the molecule is CCCCCC1C(=O)CCC1CO. The van der Waals surface area contributed by atoms with Gasteiger partial charge < -0.3 is 5.11 Å². The molecule has 0 aromatic rings. The summed E-state index contributed by atoms with van der Waals surface area (Å²) in [7, 11) is 0. The van der Waals surface area contributed by atoms with Gasteiger partial charge in [-0.2, -0.15) is 0 Å². The van der Waals surface area contributed by atoms with Crippen molar-refractivity contribution in [2.45, 2.75) is 45.4 Å². The fourth-order valence-electron chi connectivity index (χ4n) is 2.21. The zero-order chi connectivity index (χ0) is 9.68. The quantitative estimate of drug-likeness (QED) is 0.665. The molecule has 0 bridgehead atoms. The number of carbonyl (C=O) groups is 1. The summed E-state index contributed by atoms with van der Waals surface area (Å²) in [5.41, 5.74) is 0. The molecule has 2 heteroatoms. The van der Waals surface area contributed by atoms with Crippen LogP contribution in [-0.2, 0) is 4.79 Å². The van der Waals surface area contributed by atoms with Crippen LogP contribution in [-0.4, -0.2) is 17.5 Å². The van der Waals surface area contributed by atoms with Gasteiger partial charge >= 0.3 is 0 Å². The van der Waals surface area contributed by atoms with Crippen LogP contribution in [0, 0.1) is 11.8 Å². The summed E-state index contributed by atoms with van der Waals surface area (Å²) >= 11 is 0. The molecule has 1 N–H and O–H groups in total. The Morgan fingerprint density at radius 2 is 2.23 bits per heavy atom. The number of unbranched alkanes of at least 4 members (excludes halogenated alkanes) is 2. The zero-order valence-electron chi connectivity index (χ0n) is 8.46. The molecule has 0 aliphatic heterocycles. The maximum absolute atomic E-state index is 11.4. The standard InChI is InChI=1S/C11H20O2/c1-2-3-4-5-10-9(8-12)6-7-11(10)13/h9-10,12H,2-8H2,1H3. The highest BCUT2D eigenvalue weighted by Crippen LogP contribution is 2.32. The van der Waals surface area contributed by atoms with Gasteiger partial charge in [0.2, 0.25) is 0 Å². The van der Waals surface area contributed by atoms with E-state index in [2.05, 4.69) is 6.92 Å². The zero-order valence-corrected chi connectivity index (χ0v) is 8.46. The molecule has 1 aliphatic carbocycles. The van der Waals surface area contributed by atoms with Crippen molar-refractivity contribution < 1.29 is 9.90 Å². The number of Topliss-reactive ketones (excluding diaryl/α,β-unsaturated/α-hetero) is 1. The van der Waals surface area contributed by atoms with Gasteiger partial charge in [-0.1, -0.05) is 26.2 Å². The van der Waals surface area contributed by atoms with E-state index < -0.39 is 0 Å². The first kappa shape index (κ1) is 10.7. The van der Waals surface area contributed by atoms with Crippen molar-refractivity contribution in [2.75, 3.05) is 6.61 Å². The number of carbonyl (C=O) groups excluding carboxylic acids is 1. The molecule has 1 fully saturated rings. The summed E-state index contributed by atoms with van der Waals surface area (Å²) in [6, 6.07) is 0. The molecule has 1 aliphatic rings. The van der Waals surface area contributed by atoms with Gasteiger partial charge in [-0.3, -0.25) is 4.79 Å². The third-order valence-electron chi connectivity index (χ3n) is 3.10. The van der Waals surface area contributed by atoms with Gasteiger partial charge in [0.15, 0.2) is 0 Å². The Bertz CT molecular complexity index is 165. The van der Waals surface area contributed by atoms with Crippen molar-refractivity contribution in [1.29, 1.82) is 0 Å². The number of aliphatic hydroxyl groups is 1. The van der Waals surface area contributed by atoms with E-state index in [0.717, 1.165) is 19.3 Å². The van der Waals surface area contributed by atoms with E-state index >= 15 is 0 Å². The molecule has 2 nitrogen and oxygen atoms in total. The lowest BCUT2D eigenvalue weighted by Crippen LogP contribution is -2.17. The molecule has 0 radical (unpaired) electrons. The number of rotatable bonds is 5. The van der Waals surface area contributed by atoms with Crippen LogP contribution in [0.1, 0.15) is 45.4 Å². The van der Waals surface area contributed by atoms with E-state index in [9.17, 15) is 4.79 Å². The Morgan fingerprint density at radius 3 is 2.85 bits per heavy atom. The van der Waals surface area contributed by atoms with Crippen LogP contribution in [0.15, 0.2) is 0 Å². The van der Waals surface area contributed by atoms with Crippen LogP contribution in [0.5, 0.6) is 0 Å². The summed E-state index contributed by atoms with van der Waals surface area (Å²) in [6.07, 6.45) is 6.15. The molecule has 0 aromatic heterocycles. The van der Waals surface area contributed by atoms with E-state index in [0.29, 0.717) is 12.2 Å². The second kappa shape index (κ2) is 5.38. The first-order chi connectivity index (χ1) is 6.29. The first-order valence-electron chi connectivity index (χ1n) is 5.43. The summed E-state index contributed by atoms with van der Waals surface area (Å²) in [4.78, 5) is 11.4. The van der Waals surface area contributed by atoms with Crippen molar-refractivity contribution >= 4 is 5.78 Å². The Hall–Kier alpha value is -0.370. The van der Waals surface area contributed by atoms with E-state index in [4.69, 9.17) is 5.11 Å². The largest absolute Gasteiger partial charge is 0.396 e. The number of ketones is 1. The number of aliphatic hydroxyl groups excluding tert-OH is 1. The van der Waals surface area contributed by atoms with Gasteiger partial charge in [-0.05, 0) is 18.8 Å². The third-order valence-corrected chi connectivity index (χ3v) is 3.10. The molecular formula is C11H20O2. The smallest absolute Gasteiger partial charge is 0.136 e. The van der Waals surface area contributed by atoms with Crippen molar-refractivity contribution in [3.63, 3.8) is 0 Å². The maximum atomic E-state index is 11.4. The van der Waals surface area contributed by atoms with Crippen LogP contribution in [0.4, 0.5) is 0 Å². The fraction of sp³-hybridized carbons (Fsp3) is 0.909. The molecule has 76 valence electrons. The van der Waals surface area contributed by atoms with Crippen molar-refractivity contribution in [2.24, 2.45) is 11.8 Å². The maximum Gasteiger partial charge on any atom is 0.136 e. The summed E-state index contributed by atoms with van der Waals surface area (Å²) in [6.45, 7) is 2.36. The van der Waals surface area contributed by atoms with E-state index in [1.165, 1.54) is 12.8 Å². The number of hydrogen-bond donors (Lipinski definition) is 1. The highest BCUT2D eigenvalue weighted by molar-refractivity contribution is 5.83. The molecule has 1 rings (SSSR count). The van der Waals surface area contributed by atoms with Gasteiger partial charge in [0.25, 0.3) is 0 Å². The molecule has 2 unspecified atom stereocenters. The van der Waals surface area contributed by atoms with E-state index in [1.54, 1.807) is 0 Å². The minimum Gasteiger partial charge on any atom is -0.396 e. The second-order valence-electron chi connectivity index (χ2n) is 4.05. The summed E-state index contributed by atoms with van der Waals surface area (Å²) < 4.78 is 0. The highest BCUT2D eigenvalue weighted by atomic mass is 16.3. The predicted octanol–water partition coefficient (Wildman–Crippen LogP) is 2.15. The van der Waals surface area contributed by atoms with E-state index in [-0.39, 0.29) is 18.4 Å².